The van der Waals surface area contributed by atoms with Crippen LogP contribution in [0.5, 0.6) is 0 Å². The molecule has 9 nitrogen and oxygen atoms in total. The van der Waals surface area contributed by atoms with Gasteiger partial charge in [0.25, 0.3) is 7.82 Å². The fourth-order valence-electron chi connectivity index (χ4n) is 7.83. The van der Waals surface area contributed by atoms with Gasteiger partial charge in [0.15, 0.2) is 6.10 Å². The third-order valence-corrected chi connectivity index (χ3v) is 13.0. The quantitative estimate of drug-likeness (QED) is 0.0195. The van der Waals surface area contributed by atoms with Crippen molar-refractivity contribution in [1.29, 1.82) is 0 Å². The average molecular weight is 914 g/mol. The van der Waals surface area contributed by atoms with Crippen molar-refractivity contribution in [3.63, 3.8) is 0 Å². The van der Waals surface area contributed by atoms with Gasteiger partial charge in [0.05, 0.1) is 27.7 Å². The minimum absolute atomic E-state index is 0.0268. The fraction of sp³-hybridized carbons (Fsp3) is 0.925. The molecule has 0 aromatic heterocycles. The predicted octanol–water partition coefficient (Wildman–Crippen LogP) is 15.5. The van der Waals surface area contributed by atoms with E-state index in [4.69, 9.17) is 18.5 Å². The molecule has 0 aromatic carbocycles. The minimum Gasteiger partial charge on any atom is -0.756 e. The number of quaternary nitrogens is 1. The number of phosphoric ester groups is 1. The lowest BCUT2D eigenvalue weighted by atomic mass is 10.0. The summed E-state index contributed by atoms with van der Waals surface area (Å²) in [5, 5.41) is 0. The van der Waals surface area contributed by atoms with E-state index in [-0.39, 0.29) is 32.0 Å². The maximum atomic E-state index is 12.7. The van der Waals surface area contributed by atoms with Crippen molar-refractivity contribution in [2.75, 3.05) is 47.5 Å². The lowest BCUT2D eigenvalue weighted by Gasteiger charge is -2.28. The van der Waals surface area contributed by atoms with Gasteiger partial charge in [-0.05, 0) is 38.5 Å². The monoisotopic (exact) mass is 914 g/mol. The van der Waals surface area contributed by atoms with E-state index in [2.05, 4.69) is 26.0 Å². The molecule has 0 spiro atoms. The van der Waals surface area contributed by atoms with E-state index in [9.17, 15) is 19.0 Å². The SMILES string of the molecule is CCCCCCCCCC/C=C\CCCCCCCCCCCCCCCCCC(=O)OC(COC(=O)CCCCCCCCCCCCCC)COP(=O)([O-])OCC[N+](C)(C)C. The van der Waals surface area contributed by atoms with E-state index < -0.39 is 26.5 Å². The van der Waals surface area contributed by atoms with Crippen LogP contribution in [0.25, 0.3) is 0 Å². The van der Waals surface area contributed by atoms with Gasteiger partial charge in [-0.2, -0.15) is 0 Å². The summed E-state index contributed by atoms with van der Waals surface area (Å²) >= 11 is 0. The van der Waals surface area contributed by atoms with E-state index >= 15 is 0 Å². The number of hydrogen-bond acceptors (Lipinski definition) is 8. The van der Waals surface area contributed by atoms with Gasteiger partial charge < -0.3 is 27.9 Å². The smallest absolute Gasteiger partial charge is 0.306 e. The van der Waals surface area contributed by atoms with Crippen LogP contribution in [0.1, 0.15) is 264 Å². The van der Waals surface area contributed by atoms with Gasteiger partial charge in [-0.15, -0.1) is 0 Å². The highest BCUT2D eigenvalue weighted by Crippen LogP contribution is 2.38. The highest BCUT2D eigenvalue weighted by Gasteiger charge is 2.21. The Labute approximate surface area is 390 Å². The molecule has 0 aliphatic heterocycles. The first-order chi connectivity index (χ1) is 30.5. The summed E-state index contributed by atoms with van der Waals surface area (Å²) in [7, 11) is 1.18. The number of allylic oxidation sites excluding steroid dienone is 2. The zero-order valence-electron chi connectivity index (χ0n) is 42.3. The molecule has 0 aromatic rings. The highest BCUT2D eigenvalue weighted by atomic mass is 31.2. The number of nitrogens with zero attached hydrogens (tertiary/aromatic N) is 1. The van der Waals surface area contributed by atoms with Crippen LogP contribution in [0.4, 0.5) is 0 Å². The molecule has 0 radical (unpaired) electrons. The largest absolute Gasteiger partial charge is 0.756 e. The van der Waals surface area contributed by atoms with E-state index in [1.807, 2.05) is 21.1 Å². The molecule has 0 fully saturated rings. The second-order valence-electron chi connectivity index (χ2n) is 19.6. The van der Waals surface area contributed by atoms with Crippen molar-refractivity contribution in [3.8, 4) is 0 Å². The van der Waals surface area contributed by atoms with Crippen molar-refractivity contribution in [2.24, 2.45) is 0 Å². The molecule has 0 aliphatic carbocycles. The van der Waals surface area contributed by atoms with Crippen LogP contribution in [0.15, 0.2) is 12.2 Å². The zero-order valence-corrected chi connectivity index (χ0v) is 43.2. The normalized spacial score (nSPS) is 13.4. The van der Waals surface area contributed by atoms with Gasteiger partial charge >= 0.3 is 11.9 Å². The molecule has 0 heterocycles. The number of hydrogen-bond donors (Lipinski definition) is 0. The molecular weight excluding hydrogens is 810 g/mol. The van der Waals surface area contributed by atoms with Crippen molar-refractivity contribution in [1.82, 2.24) is 0 Å². The van der Waals surface area contributed by atoms with Crippen molar-refractivity contribution >= 4 is 19.8 Å². The number of carbonyl (C=O) groups excluding carboxylic acids is 2. The lowest BCUT2D eigenvalue weighted by Crippen LogP contribution is -2.37. The summed E-state index contributed by atoms with van der Waals surface area (Å²) < 4.78 is 34.0. The van der Waals surface area contributed by atoms with Gasteiger partial charge in [-0.3, -0.25) is 14.2 Å². The molecule has 374 valence electrons. The van der Waals surface area contributed by atoms with E-state index in [0.29, 0.717) is 17.4 Å². The molecule has 10 heteroatoms. The zero-order chi connectivity index (χ0) is 46.4. The van der Waals surface area contributed by atoms with Gasteiger partial charge in [0.1, 0.15) is 19.8 Å². The number of phosphoric acid groups is 1. The van der Waals surface area contributed by atoms with Crippen molar-refractivity contribution < 1.29 is 42.1 Å². The number of carbonyl (C=O) groups is 2. The lowest BCUT2D eigenvalue weighted by molar-refractivity contribution is -0.870. The Balaban J connectivity index is 4.07. The highest BCUT2D eigenvalue weighted by molar-refractivity contribution is 7.45. The van der Waals surface area contributed by atoms with Crippen LogP contribution < -0.4 is 4.89 Å². The van der Waals surface area contributed by atoms with Gasteiger partial charge in [-0.25, -0.2) is 0 Å². The fourth-order valence-corrected chi connectivity index (χ4v) is 8.56. The maximum Gasteiger partial charge on any atom is 0.306 e. The van der Waals surface area contributed by atoms with E-state index in [1.165, 1.54) is 199 Å². The van der Waals surface area contributed by atoms with Gasteiger partial charge in [-0.1, -0.05) is 225 Å². The van der Waals surface area contributed by atoms with E-state index in [0.717, 1.165) is 32.1 Å². The molecule has 0 rings (SSSR count). The molecular formula is C53H104NO8P. The Morgan fingerprint density at radius 3 is 1.17 bits per heavy atom. The standard InChI is InChI=1S/C53H104NO8P/c1-6-8-10-12-14-16-18-20-21-22-23-24-25-26-27-28-29-30-31-32-33-34-36-38-40-42-44-46-53(56)62-51(50-61-63(57,58)60-48-47-54(3,4)5)49-59-52(55)45-43-41-39-37-35-19-17-15-13-11-9-7-2/h22-23,51H,6-21,24-50H2,1-5H3/b23-22-. The van der Waals surface area contributed by atoms with E-state index in [1.54, 1.807) is 0 Å². The third kappa shape index (κ3) is 50.0. The number of esters is 2. The number of rotatable bonds is 50. The second-order valence-corrected chi connectivity index (χ2v) is 21.0. The maximum absolute atomic E-state index is 12.7. The summed E-state index contributed by atoms with van der Waals surface area (Å²) in [6, 6.07) is 0. The molecule has 0 saturated carbocycles. The summed E-state index contributed by atoms with van der Waals surface area (Å²) in [4.78, 5) is 37.7. The summed E-state index contributed by atoms with van der Waals surface area (Å²) in [5.74, 6) is -0.819. The molecule has 0 N–H and O–H groups in total. The average Bonchev–Trinajstić information content (AvgIpc) is 3.24. The Morgan fingerprint density at radius 1 is 0.476 bits per heavy atom. The topological polar surface area (TPSA) is 111 Å². The van der Waals surface area contributed by atoms with Crippen LogP contribution in [0.3, 0.4) is 0 Å². The van der Waals surface area contributed by atoms with Crippen molar-refractivity contribution in [2.45, 2.75) is 270 Å². The Kier molecular flexibility index (Phi) is 45.0. The molecule has 0 saturated heterocycles. The van der Waals surface area contributed by atoms with Crippen LogP contribution in [-0.2, 0) is 32.7 Å². The molecule has 0 aliphatic rings. The Morgan fingerprint density at radius 2 is 0.810 bits per heavy atom. The minimum atomic E-state index is -4.62. The summed E-state index contributed by atoms with van der Waals surface area (Å²) in [6.45, 7) is 4.27. The van der Waals surface area contributed by atoms with Crippen LogP contribution in [-0.4, -0.2) is 70.0 Å². The molecule has 2 atom stereocenters. The first kappa shape index (κ1) is 61.8. The van der Waals surface area contributed by atoms with Crippen LogP contribution in [0, 0.1) is 0 Å². The second kappa shape index (κ2) is 45.9. The predicted molar refractivity (Wildman–Crippen MR) is 264 cm³/mol. The Hall–Kier alpha value is -1.25. The third-order valence-electron chi connectivity index (χ3n) is 12.0. The first-order valence-corrected chi connectivity index (χ1v) is 28.4. The van der Waals surface area contributed by atoms with Crippen molar-refractivity contribution in [3.05, 3.63) is 12.2 Å². The molecule has 2 unspecified atom stereocenters. The molecule has 0 bridgehead atoms. The van der Waals surface area contributed by atoms with Crippen LogP contribution >= 0.6 is 7.82 Å². The van der Waals surface area contributed by atoms with Crippen LogP contribution in [0.2, 0.25) is 0 Å². The van der Waals surface area contributed by atoms with Gasteiger partial charge in [0, 0.05) is 12.8 Å². The molecule has 63 heavy (non-hydrogen) atoms. The first-order valence-electron chi connectivity index (χ1n) is 26.9. The Bertz CT molecular complexity index is 1080. The number of likely N-dealkylation sites (N-methyl/N-ethyl adjacent to an activating group) is 1. The number of unbranched alkanes of at least 4 members (excludes halogenated alkanes) is 34. The summed E-state index contributed by atoms with van der Waals surface area (Å²) in [6.07, 6.45) is 51.1. The van der Waals surface area contributed by atoms with Gasteiger partial charge in [0.2, 0.25) is 0 Å². The molecule has 0 amide bonds. The summed E-state index contributed by atoms with van der Waals surface area (Å²) in [5.41, 5.74) is 0. The number of ether oxygens (including phenoxy) is 2.